The third kappa shape index (κ3) is 3.75. The summed E-state index contributed by atoms with van der Waals surface area (Å²) in [4.78, 5) is 10.7. The minimum absolute atomic E-state index is 0.178. The molecule has 0 unspecified atom stereocenters. The van der Waals surface area contributed by atoms with Gasteiger partial charge in [0.1, 0.15) is 0 Å². The Labute approximate surface area is 136 Å². The van der Waals surface area contributed by atoms with E-state index in [4.69, 9.17) is 0 Å². The summed E-state index contributed by atoms with van der Waals surface area (Å²) in [6, 6.07) is 5.97. The number of sulfonamides is 1. The number of aromatic nitrogens is 2. The van der Waals surface area contributed by atoms with Crippen molar-refractivity contribution in [3.63, 3.8) is 0 Å². The number of halogens is 3. The topological polar surface area (TPSA) is 81.1 Å². The number of aryl methyl sites for hydroxylation is 1. The molecule has 0 saturated carbocycles. The van der Waals surface area contributed by atoms with Crippen molar-refractivity contribution in [1.29, 1.82) is 0 Å². The lowest BCUT2D eigenvalue weighted by atomic mass is 10.2. The zero-order valence-corrected chi connectivity index (χ0v) is 13.6. The molecule has 0 atom stereocenters. The van der Waals surface area contributed by atoms with Gasteiger partial charge in [0, 0.05) is 12.6 Å². The number of carbonyl (C=O) groups is 1. The van der Waals surface area contributed by atoms with Gasteiger partial charge in [0.25, 0.3) is 10.0 Å². The molecule has 1 amide bonds. The maximum absolute atomic E-state index is 12.8. The van der Waals surface area contributed by atoms with Crippen molar-refractivity contribution < 1.29 is 26.4 Å². The minimum atomic E-state index is -4.57. The van der Waals surface area contributed by atoms with Gasteiger partial charge in [-0.2, -0.15) is 18.3 Å². The number of alkyl halides is 3. The Morgan fingerprint density at radius 2 is 1.83 bits per heavy atom. The first-order valence-corrected chi connectivity index (χ1v) is 8.33. The van der Waals surface area contributed by atoms with E-state index in [1.165, 1.54) is 24.3 Å². The number of nitrogens with one attached hydrogen (secondary N) is 1. The Bertz CT molecular complexity index is 856. The van der Waals surface area contributed by atoms with Crippen molar-refractivity contribution in [3.8, 4) is 5.69 Å². The van der Waals surface area contributed by atoms with E-state index in [9.17, 15) is 26.4 Å². The number of rotatable bonds is 4. The van der Waals surface area contributed by atoms with Gasteiger partial charge in [-0.1, -0.05) is 6.92 Å². The molecule has 10 heteroatoms. The molecule has 6 nitrogen and oxygen atoms in total. The van der Waals surface area contributed by atoms with E-state index in [0.29, 0.717) is 12.1 Å². The SMILES string of the molecule is CCc1cc(C(F)(F)F)nn1-c1ccc(S(=O)(=O)NC(C)=O)cc1. The Morgan fingerprint density at radius 3 is 2.29 bits per heavy atom. The summed E-state index contributed by atoms with van der Waals surface area (Å²) in [5.41, 5.74) is -0.404. The maximum Gasteiger partial charge on any atom is 0.435 e. The predicted octanol–water partition coefficient (Wildman–Crippen LogP) is 2.28. The second kappa shape index (κ2) is 6.27. The number of hydrogen-bond acceptors (Lipinski definition) is 4. The van der Waals surface area contributed by atoms with Crippen molar-refractivity contribution in [2.24, 2.45) is 0 Å². The number of hydrogen-bond donors (Lipinski definition) is 1. The molecule has 1 aromatic carbocycles. The average molecular weight is 361 g/mol. The van der Waals surface area contributed by atoms with Gasteiger partial charge in [-0.15, -0.1) is 0 Å². The van der Waals surface area contributed by atoms with E-state index < -0.39 is 27.8 Å². The third-order valence-electron chi connectivity index (χ3n) is 3.11. The Hall–Kier alpha value is -2.36. The van der Waals surface area contributed by atoms with Crippen LogP contribution in [0.3, 0.4) is 0 Å². The first kappa shape index (κ1) is 18.0. The lowest BCUT2D eigenvalue weighted by Crippen LogP contribution is -2.28. The summed E-state index contributed by atoms with van der Waals surface area (Å²) >= 11 is 0. The molecule has 0 saturated heterocycles. The Morgan fingerprint density at radius 1 is 1.25 bits per heavy atom. The van der Waals surface area contributed by atoms with Crippen molar-refractivity contribution >= 4 is 15.9 Å². The minimum Gasteiger partial charge on any atom is -0.274 e. The average Bonchev–Trinajstić information content (AvgIpc) is 2.90. The summed E-state index contributed by atoms with van der Waals surface area (Å²) in [6.07, 6.45) is -4.25. The standard InChI is InChI=1S/C14H14F3N3O3S/c1-3-10-8-13(14(15,16)17)18-20(10)11-4-6-12(7-5-11)24(22,23)19-9(2)21/h4-8H,3H2,1-2H3,(H,19,21). The van der Waals surface area contributed by atoms with Crippen LogP contribution in [0.5, 0.6) is 0 Å². The number of nitrogens with zero attached hydrogens (tertiary/aromatic N) is 2. The van der Waals surface area contributed by atoms with E-state index in [0.717, 1.165) is 17.7 Å². The first-order valence-electron chi connectivity index (χ1n) is 6.84. The molecule has 0 aliphatic rings. The highest BCUT2D eigenvalue weighted by atomic mass is 32.2. The zero-order chi connectivity index (χ0) is 18.1. The number of benzene rings is 1. The van der Waals surface area contributed by atoms with Crippen molar-refractivity contribution in [2.75, 3.05) is 0 Å². The highest BCUT2D eigenvalue weighted by Gasteiger charge is 2.34. The summed E-state index contributed by atoms with van der Waals surface area (Å²) in [5.74, 6) is -0.741. The molecule has 0 fully saturated rings. The molecule has 0 radical (unpaired) electrons. The van der Waals surface area contributed by atoms with Crippen LogP contribution in [0.4, 0.5) is 13.2 Å². The van der Waals surface area contributed by atoms with Gasteiger partial charge in [-0.05, 0) is 36.8 Å². The van der Waals surface area contributed by atoms with Gasteiger partial charge in [-0.25, -0.2) is 17.8 Å². The van der Waals surface area contributed by atoms with Crippen LogP contribution in [0.1, 0.15) is 25.2 Å². The number of amides is 1. The van der Waals surface area contributed by atoms with E-state index in [-0.39, 0.29) is 10.6 Å². The molecule has 0 aliphatic heterocycles. The molecule has 1 N–H and O–H groups in total. The fraction of sp³-hybridized carbons (Fsp3) is 0.286. The van der Waals surface area contributed by atoms with Crippen LogP contribution in [0, 0.1) is 0 Å². The van der Waals surface area contributed by atoms with Gasteiger partial charge < -0.3 is 0 Å². The van der Waals surface area contributed by atoms with Crippen LogP contribution >= 0.6 is 0 Å². The third-order valence-corrected chi connectivity index (χ3v) is 4.55. The van der Waals surface area contributed by atoms with Gasteiger partial charge in [0.2, 0.25) is 5.91 Å². The lowest BCUT2D eigenvalue weighted by molar-refractivity contribution is -0.141. The van der Waals surface area contributed by atoms with Crippen LogP contribution in [0.2, 0.25) is 0 Å². The maximum atomic E-state index is 12.8. The quantitative estimate of drug-likeness (QED) is 0.906. The Balaban J connectivity index is 2.42. The molecular weight excluding hydrogens is 347 g/mol. The molecule has 0 bridgehead atoms. The summed E-state index contributed by atoms with van der Waals surface area (Å²) in [6.45, 7) is 2.74. The molecule has 2 aromatic rings. The van der Waals surface area contributed by atoms with Crippen LogP contribution < -0.4 is 4.72 Å². The van der Waals surface area contributed by atoms with Crippen molar-refractivity contribution in [3.05, 3.63) is 41.7 Å². The molecule has 0 spiro atoms. The normalized spacial score (nSPS) is 12.2. The van der Waals surface area contributed by atoms with Crippen molar-refractivity contribution in [2.45, 2.75) is 31.3 Å². The molecule has 24 heavy (non-hydrogen) atoms. The number of carbonyl (C=O) groups excluding carboxylic acids is 1. The second-order valence-corrected chi connectivity index (χ2v) is 6.62. The van der Waals surface area contributed by atoms with Crippen LogP contribution in [0.15, 0.2) is 35.2 Å². The molecule has 0 aliphatic carbocycles. The predicted molar refractivity (Wildman–Crippen MR) is 78.9 cm³/mol. The van der Waals surface area contributed by atoms with Gasteiger partial charge in [0.15, 0.2) is 5.69 Å². The summed E-state index contributed by atoms with van der Waals surface area (Å²) in [5, 5.41) is 3.54. The van der Waals surface area contributed by atoms with Crippen molar-refractivity contribution in [1.82, 2.24) is 14.5 Å². The zero-order valence-electron chi connectivity index (χ0n) is 12.8. The highest BCUT2D eigenvalue weighted by molar-refractivity contribution is 7.90. The first-order chi connectivity index (χ1) is 11.0. The van der Waals surface area contributed by atoms with E-state index in [2.05, 4.69) is 5.10 Å². The largest absolute Gasteiger partial charge is 0.435 e. The molecule has 1 heterocycles. The molecular formula is C14H14F3N3O3S. The van der Waals surface area contributed by atoms with Crippen LogP contribution in [0.25, 0.3) is 5.69 Å². The highest BCUT2D eigenvalue weighted by Crippen LogP contribution is 2.29. The summed E-state index contributed by atoms with van der Waals surface area (Å²) in [7, 11) is -4.00. The second-order valence-electron chi connectivity index (χ2n) is 4.94. The van der Waals surface area contributed by atoms with Gasteiger partial charge in [0.05, 0.1) is 10.6 Å². The molecule has 1 aromatic heterocycles. The molecule has 2 rings (SSSR count). The Kier molecular flexibility index (Phi) is 4.70. The fourth-order valence-corrected chi connectivity index (χ4v) is 3.04. The smallest absolute Gasteiger partial charge is 0.274 e. The molecule has 130 valence electrons. The van der Waals surface area contributed by atoms with Gasteiger partial charge >= 0.3 is 6.18 Å². The van der Waals surface area contributed by atoms with E-state index in [1.54, 1.807) is 11.6 Å². The fourth-order valence-electron chi connectivity index (χ4n) is 2.05. The van der Waals surface area contributed by atoms with Crippen LogP contribution in [-0.2, 0) is 27.4 Å². The monoisotopic (exact) mass is 361 g/mol. The van der Waals surface area contributed by atoms with Gasteiger partial charge in [-0.3, -0.25) is 4.79 Å². The lowest BCUT2D eigenvalue weighted by Gasteiger charge is -2.08. The van der Waals surface area contributed by atoms with E-state index >= 15 is 0 Å². The van der Waals surface area contributed by atoms with Crippen LogP contribution in [-0.4, -0.2) is 24.1 Å². The summed E-state index contributed by atoms with van der Waals surface area (Å²) < 4.78 is 64.9. The van der Waals surface area contributed by atoms with E-state index in [1.807, 2.05) is 0 Å².